The predicted octanol–water partition coefficient (Wildman–Crippen LogP) is 0.882. The number of aromatic carboxylic acids is 1. The van der Waals surface area contributed by atoms with E-state index in [2.05, 4.69) is 10.1 Å². The van der Waals surface area contributed by atoms with E-state index in [1.165, 1.54) is 11.6 Å². The SMILES string of the molecule is COCc1nc2cc(C)cc(C(=O)O)n2n1. The van der Waals surface area contributed by atoms with Crippen LogP contribution in [0.5, 0.6) is 0 Å². The summed E-state index contributed by atoms with van der Waals surface area (Å²) in [6.45, 7) is 2.08. The Morgan fingerprint density at radius 3 is 2.94 bits per heavy atom. The molecule has 6 nitrogen and oxygen atoms in total. The number of pyridine rings is 1. The standard InChI is InChI=1S/C10H11N3O3/c1-6-3-7(10(14)15)13-9(4-6)11-8(12-13)5-16-2/h3-4H,5H2,1-2H3,(H,14,15). The third-order valence-electron chi connectivity index (χ3n) is 2.12. The molecule has 0 atom stereocenters. The lowest BCUT2D eigenvalue weighted by Crippen LogP contribution is -2.07. The van der Waals surface area contributed by atoms with E-state index in [4.69, 9.17) is 9.84 Å². The lowest BCUT2D eigenvalue weighted by Gasteiger charge is -1.99. The molecule has 2 aromatic heterocycles. The van der Waals surface area contributed by atoms with Crippen LogP contribution in [0.3, 0.4) is 0 Å². The van der Waals surface area contributed by atoms with Gasteiger partial charge in [-0.2, -0.15) is 0 Å². The number of carbonyl (C=O) groups is 1. The van der Waals surface area contributed by atoms with Crippen molar-refractivity contribution < 1.29 is 14.6 Å². The molecule has 0 fully saturated rings. The van der Waals surface area contributed by atoms with Crippen LogP contribution in [-0.2, 0) is 11.3 Å². The van der Waals surface area contributed by atoms with Crippen LogP contribution in [0, 0.1) is 6.92 Å². The Labute approximate surface area is 91.5 Å². The zero-order valence-electron chi connectivity index (χ0n) is 8.97. The molecule has 0 radical (unpaired) electrons. The highest BCUT2D eigenvalue weighted by atomic mass is 16.5. The van der Waals surface area contributed by atoms with Crippen molar-refractivity contribution in [2.45, 2.75) is 13.5 Å². The smallest absolute Gasteiger partial charge is 0.354 e. The quantitative estimate of drug-likeness (QED) is 0.832. The number of fused-ring (bicyclic) bond motifs is 1. The number of rotatable bonds is 3. The van der Waals surface area contributed by atoms with Crippen molar-refractivity contribution in [1.29, 1.82) is 0 Å². The molecule has 6 heteroatoms. The summed E-state index contributed by atoms with van der Waals surface area (Å²) >= 11 is 0. The van der Waals surface area contributed by atoms with Gasteiger partial charge in [-0.15, -0.1) is 5.10 Å². The molecule has 16 heavy (non-hydrogen) atoms. The summed E-state index contributed by atoms with van der Waals surface area (Å²) < 4.78 is 6.21. The topological polar surface area (TPSA) is 76.7 Å². The molecular formula is C10H11N3O3. The van der Waals surface area contributed by atoms with Crippen LogP contribution in [0.2, 0.25) is 0 Å². The summed E-state index contributed by atoms with van der Waals surface area (Å²) in [5.41, 5.74) is 1.45. The highest BCUT2D eigenvalue weighted by molar-refractivity contribution is 5.86. The fraction of sp³-hybridized carbons (Fsp3) is 0.300. The third-order valence-corrected chi connectivity index (χ3v) is 2.12. The van der Waals surface area contributed by atoms with Gasteiger partial charge in [0.25, 0.3) is 0 Å². The first-order chi connectivity index (χ1) is 7.61. The van der Waals surface area contributed by atoms with Gasteiger partial charge in [0.2, 0.25) is 0 Å². The van der Waals surface area contributed by atoms with E-state index in [0.717, 1.165) is 5.56 Å². The fourth-order valence-corrected chi connectivity index (χ4v) is 1.50. The second kappa shape index (κ2) is 3.90. The van der Waals surface area contributed by atoms with Crippen molar-refractivity contribution in [2.75, 3.05) is 7.11 Å². The van der Waals surface area contributed by atoms with E-state index in [-0.39, 0.29) is 12.3 Å². The molecule has 0 unspecified atom stereocenters. The normalized spacial score (nSPS) is 10.9. The van der Waals surface area contributed by atoms with Gasteiger partial charge in [-0.05, 0) is 24.6 Å². The Kier molecular flexibility index (Phi) is 2.57. The Morgan fingerprint density at radius 2 is 2.31 bits per heavy atom. The summed E-state index contributed by atoms with van der Waals surface area (Å²) in [5.74, 6) is -0.557. The molecule has 84 valence electrons. The number of aryl methyl sites for hydroxylation is 1. The van der Waals surface area contributed by atoms with E-state index in [1.807, 2.05) is 6.92 Å². The van der Waals surface area contributed by atoms with E-state index >= 15 is 0 Å². The number of hydrogen-bond donors (Lipinski definition) is 1. The first kappa shape index (κ1) is 10.6. The summed E-state index contributed by atoms with van der Waals surface area (Å²) in [6, 6.07) is 3.33. The van der Waals surface area contributed by atoms with Crippen molar-refractivity contribution in [1.82, 2.24) is 14.6 Å². The van der Waals surface area contributed by atoms with Gasteiger partial charge in [-0.25, -0.2) is 14.3 Å². The summed E-state index contributed by atoms with van der Waals surface area (Å²) in [5, 5.41) is 13.1. The van der Waals surface area contributed by atoms with Gasteiger partial charge in [-0.3, -0.25) is 0 Å². The molecule has 2 heterocycles. The van der Waals surface area contributed by atoms with Gasteiger partial charge in [0.1, 0.15) is 6.61 Å². The minimum absolute atomic E-state index is 0.102. The maximum atomic E-state index is 11.0. The minimum Gasteiger partial charge on any atom is -0.477 e. The number of aromatic nitrogens is 3. The predicted molar refractivity (Wildman–Crippen MR) is 55.4 cm³/mol. The Bertz CT molecular complexity index is 547. The van der Waals surface area contributed by atoms with Crippen LogP contribution in [0.4, 0.5) is 0 Å². The van der Waals surface area contributed by atoms with Gasteiger partial charge in [-0.1, -0.05) is 0 Å². The number of carboxylic acids is 1. The molecule has 0 aromatic carbocycles. The Balaban J connectivity index is 2.65. The van der Waals surface area contributed by atoms with Crippen molar-refractivity contribution in [2.24, 2.45) is 0 Å². The van der Waals surface area contributed by atoms with Gasteiger partial charge in [0.05, 0.1) is 0 Å². The lowest BCUT2D eigenvalue weighted by molar-refractivity contribution is 0.0687. The van der Waals surface area contributed by atoms with Crippen LogP contribution in [0.15, 0.2) is 12.1 Å². The maximum Gasteiger partial charge on any atom is 0.354 e. The second-order valence-corrected chi connectivity index (χ2v) is 3.45. The highest BCUT2D eigenvalue weighted by Gasteiger charge is 2.13. The first-order valence-electron chi connectivity index (χ1n) is 4.70. The number of methoxy groups -OCH3 is 1. The molecule has 0 aliphatic carbocycles. The number of hydrogen-bond acceptors (Lipinski definition) is 4. The highest BCUT2D eigenvalue weighted by Crippen LogP contribution is 2.10. The summed E-state index contributed by atoms with van der Waals surface area (Å²) in [6.07, 6.45) is 0. The number of carboxylic acid groups (broad SMARTS) is 1. The molecule has 0 aliphatic rings. The number of ether oxygens (including phenoxy) is 1. The summed E-state index contributed by atoms with van der Waals surface area (Å²) in [7, 11) is 1.54. The van der Waals surface area contributed by atoms with Crippen LogP contribution >= 0.6 is 0 Å². The van der Waals surface area contributed by atoms with Gasteiger partial charge in [0, 0.05) is 7.11 Å². The average Bonchev–Trinajstić information content (AvgIpc) is 2.59. The van der Waals surface area contributed by atoms with Crippen molar-refractivity contribution in [3.05, 3.63) is 29.2 Å². The molecule has 0 amide bonds. The lowest BCUT2D eigenvalue weighted by atomic mass is 10.2. The van der Waals surface area contributed by atoms with Crippen LogP contribution < -0.4 is 0 Å². The number of nitrogens with zero attached hydrogens (tertiary/aromatic N) is 3. The van der Waals surface area contributed by atoms with Crippen molar-refractivity contribution in [3.63, 3.8) is 0 Å². The second-order valence-electron chi connectivity index (χ2n) is 3.45. The molecular weight excluding hydrogens is 210 g/mol. The van der Waals surface area contributed by atoms with Gasteiger partial charge in [0.15, 0.2) is 17.2 Å². The molecule has 0 bridgehead atoms. The monoisotopic (exact) mass is 221 g/mol. The molecule has 0 aliphatic heterocycles. The van der Waals surface area contributed by atoms with E-state index in [0.29, 0.717) is 11.5 Å². The van der Waals surface area contributed by atoms with Crippen molar-refractivity contribution in [3.8, 4) is 0 Å². The van der Waals surface area contributed by atoms with Crippen molar-refractivity contribution >= 4 is 11.6 Å². The largest absolute Gasteiger partial charge is 0.477 e. The van der Waals surface area contributed by atoms with Crippen LogP contribution in [0.25, 0.3) is 5.65 Å². The Morgan fingerprint density at radius 1 is 1.56 bits per heavy atom. The van der Waals surface area contributed by atoms with Gasteiger partial charge < -0.3 is 9.84 Å². The van der Waals surface area contributed by atoms with E-state index < -0.39 is 5.97 Å². The zero-order valence-corrected chi connectivity index (χ0v) is 8.97. The Hall–Kier alpha value is -1.95. The van der Waals surface area contributed by atoms with E-state index in [1.54, 1.807) is 12.1 Å². The molecule has 0 spiro atoms. The van der Waals surface area contributed by atoms with Gasteiger partial charge >= 0.3 is 5.97 Å². The van der Waals surface area contributed by atoms with E-state index in [9.17, 15) is 4.79 Å². The molecule has 1 N–H and O–H groups in total. The van der Waals surface area contributed by atoms with Crippen LogP contribution in [-0.4, -0.2) is 32.8 Å². The average molecular weight is 221 g/mol. The van der Waals surface area contributed by atoms with Crippen LogP contribution in [0.1, 0.15) is 21.9 Å². The molecule has 2 aromatic rings. The first-order valence-corrected chi connectivity index (χ1v) is 4.70. The summed E-state index contributed by atoms with van der Waals surface area (Å²) in [4.78, 5) is 15.2. The fourth-order valence-electron chi connectivity index (χ4n) is 1.50. The minimum atomic E-state index is -1.03. The zero-order chi connectivity index (χ0) is 11.7. The third kappa shape index (κ3) is 1.74. The molecule has 0 saturated heterocycles. The molecule has 0 saturated carbocycles. The molecule has 2 rings (SSSR count). The maximum absolute atomic E-state index is 11.0.